The number of carbonyl (C=O) groups excluding carboxylic acids is 2. The van der Waals surface area contributed by atoms with Gasteiger partial charge in [-0.25, -0.2) is 0 Å². The molecule has 2 aromatic rings. The van der Waals surface area contributed by atoms with Crippen molar-refractivity contribution in [1.29, 1.82) is 0 Å². The van der Waals surface area contributed by atoms with E-state index in [1.807, 2.05) is 0 Å². The molecule has 2 rings (SSSR count). The first kappa shape index (κ1) is 22.7. The Morgan fingerprint density at radius 3 is 1.37 bits per heavy atom. The highest BCUT2D eigenvalue weighted by atomic mass is 16.8. The Hall–Kier alpha value is -3.62. The maximum atomic E-state index is 11.7. The number of nitrogens with zero attached hydrogens (tertiary/aromatic N) is 2. The third-order valence-electron chi connectivity index (χ3n) is 3.75. The van der Waals surface area contributed by atoms with Crippen molar-refractivity contribution in [1.82, 2.24) is 0 Å². The van der Waals surface area contributed by atoms with Crippen molar-refractivity contribution in [3.63, 3.8) is 0 Å². The third kappa shape index (κ3) is 7.78. The molecule has 0 saturated heterocycles. The van der Waals surface area contributed by atoms with Crippen molar-refractivity contribution in [3.8, 4) is 11.8 Å². The monoisotopic (exact) mass is 414 g/mol. The molecule has 0 unspecified atom stereocenters. The molecule has 0 radical (unpaired) electrons. The summed E-state index contributed by atoms with van der Waals surface area (Å²) in [6.45, 7) is -0.346. The van der Waals surface area contributed by atoms with Gasteiger partial charge in [-0.15, -0.1) is 0 Å². The zero-order valence-corrected chi connectivity index (χ0v) is 15.7. The molecule has 0 spiro atoms. The van der Waals surface area contributed by atoms with Gasteiger partial charge in [0.15, 0.2) is 13.2 Å². The first-order chi connectivity index (χ1) is 14.3. The van der Waals surface area contributed by atoms with Crippen LogP contribution in [0.5, 0.6) is 0 Å². The van der Waals surface area contributed by atoms with Crippen LogP contribution in [0.2, 0.25) is 0 Å². The van der Waals surface area contributed by atoms with E-state index < -0.39 is 11.9 Å². The van der Waals surface area contributed by atoms with Gasteiger partial charge in [-0.1, -0.05) is 36.1 Å². The van der Waals surface area contributed by atoms with Crippen LogP contribution in [0.4, 0.5) is 11.4 Å². The molecule has 158 valence electrons. The highest BCUT2D eigenvalue weighted by Crippen LogP contribution is 2.14. The minimum absolute atomic E-state index is 0.0274. The zero-order chi connectivity index (χ0) is 21.9. The Morgan fingerprint density at radius 1 is 0.733 bits per heavy atom. The lowest BCUT2D eigenvalue weighted by Crippen LogP contribution is -2.10. The second-order valence-electron chi connectivity index (χ2n) is 5.91. The summed E-state index contributed by atoms with van der Waals surface area (Å²) >= 11 is 0. The molecule has 0 atom stereocenters. The smallest absolute Gasteiger partial charge is 0.311 e. The third-order valence-corrected chi connectivity index (χ3v) is 3.75. The van der Waals surface area contributed by atoms with Gasteiger partial charge in [0.25, 0.3) is 0 Å². The van der Waals surface area contributed by atoms with Crippen LogP contribution >= 0.6 is 0 Å². The molecule has 0 amide bonds. The molecule has 0 aromatic heterocycles. The van der Waals surface area contributed by atoms with Gasteiger partial charge >= 0.3 is 11.9 Å². The summed E-state index contributed by atoms with van der Waals surface area (Å²) < 4.78 is 9.86. The molecule has 2 N–H and O–H groups in total. The van der Waals surface area contributed by atoms with Gasteiger partial charge in [0.1, 0.15) is 0 Å². The van der Waals surface area contributed by atoms with E-state index in [9.17, 15) is 20.0 Å². The lowest BCUT2D eigenvalue weighted by molar-refractivity contribution is -0.142. The van der Waals surface area contributed by atoms with Crippen molar-refractivity contribution in [3.05, 3.63) is 70.1 Å². The van der Waals surface area contributed by atoms with Crippen LogP contribution in [0.1, 0.15) is 11.1 Å². The lowest BCUT2D eigenvalue weighted by atomic mass is 10.1. The summed E-state index contributed by atoms with van der Waals surface area (Å²) in [7, 11) is 0. The highest BCUT2D eigenvalue weighted by Gasteiger charge is 2.05. The largest absolute Gasteiger partial charge is 0.733 e. The molecule has 10 heteroatoms. The summed E-state index contributed by atoms with van der Waals surface area (Å²) in [4.78, 5) is 23.4. The predicted molar refractivity (Wildman–Crippen MR) is 105 cm³/mol. The number of esters is 2. The van der Waals surface area contributed by atoms with E-state index in [-0.39, 0.29) is 47.9 Å². The van der Waals surface area contributed by atoms with E-state index in [1.54, 1.807) is 0 Å². The van der Waals surface area contributed by atoms with Gasteiger partial charge in [0.2, 0.25) is 0 Å². The number of anilines is 2. The van der Waals surface area contributed by atoms with Crippen molar-refractivity contribution < 1.29 is 29.5 Å². The van der Waals surface area contributed by atoms with Crippen molar-refractivity contribution >= 4 is 23.3 Å². The lowest BCUT2D eigenvalue weighted by Gasteiger charge is -2.21. The van der Waals surface area contributed by atoms with Crippen LogP contribution in [-0.2, 0) is 31.9 Å². The molecule has 0 heterocycles. The van der Waals surface area contributed by atoms with E-state index in [1.165, 1.54) is 48.5 Å². The molecule has 0 bridgehead atoms. The maximum Gasteiger partial charge on any atom is 0.311 e. The molecule has 10 nitrogen and oxygen atoms in total. The van der Waals surface area contributed by atoms with E-state index in [2.05, 4.69) is 11.8 Å². The SMILES string of the molecule is O=C(Cc1ccc(N([O-])O)cc1)OCC#CCOC(=O)Cc1ccc(N([O-])O)cc1. The number of rotatable bonds is 8. The number of hydrogen-bond donors (Lipinski definition) is 2. The van der Waals surface area contributed by atoms with Gasteiger partial charge in [0, 0.05) is 0 Å². The summed E-state index contributed by atoms with van der Waals surface area (Å²) in [6, 6.07) is 11.5. The van der Waals surface area contributed by atoms with E-state index in [4.69, 9.17) is 19.9 Å². The Balaban J connectivity index is 1.64. The second kappa shape index (κ2) is 11.4. The molecule has 0 aliphatic rings. The summed E-state index contributed by atoms with van der Waals surface area (Å²) in [6.07, 6.45) is -0.0547. The molecule has 30 heavy (non-hydrogen) atoms. The first-order valence-electron chi connectivity index (χ1n) is 8.62. The topological polar surface area (TPSA) is 146 Å². The first-order valence-corrected chi connectivity index (χ1v) is 8.62. The fourth-order valence-corrected chi connectivity index (χ4v) is 2.25. The van der Waals surface area contributed by atoms with Crippen molar-refractivity contribution in [2.45, 2.75) is 12.8 Å². The average Bonchev–Trinajstić information content (AvgIpc) is 2.71. The normalized spacial score (nSPS) is 9.87. The van der Waals surface area contributed by atoms with Crippen LogP contribution in [0.3, 0.4) is 0 Å². The quantitative estimate of drug-likeness (QED) is 0.373. The highest BCUT2D eigenvalue weighted by molar-refractivity contribution is 5.73. The minimum atomic E-state index is -0.528. The Morgan fingerprint density at radius 2 is 1.07 bits per heavy atom. The molecular formula is C20H18N2O8-2. The Kier molecular flexibility index (Phi) is 8.61. The van der Waals surface area contributed by atoms with Gasteiger partial charge in [-0.2, -0.15) is 0 Å². The Bertz CT molecular complexity index is 826. The number of ether oxygens (including phenoxy) is 2. The van der Waals surface area contributed by atoms with Crippen LogP contribution in [0.25, 0.3) is 0 Å². The van der Waals surface area contributed by atoms with Crippen LogP contribution in [-0.4, -0.2) is 35.6 Å². The standard InChI is InChI=1S/C20H18N2O8/c23-19(13-15-3-7-17(8-4-15)21(25)26)29-11-1-2-12-30-20(24)14-16-5-9-18(10-6-16)22(27)28/h3-10,25,27H,11-14H2/q-2. The summed E-state index contributed by atoms with van der Waals surface area (Å²) in [5, 5.41) is 38.3. The second-order valence-corrected chi connectivity index (χ2v) is 5.91. The van der Waals surface area contributed by atoms with Gasteiger partial charge < -0.3 is 30.3 Å². The molecule has 0 aliphatic heterocycles. The molecule has 0 saturated carbocycles. The van der Waals surface area contributed by atoms with Crippen molar-refractivity contribution in [2.75, 3.05) is 23.7 Å². The minimum Gasteiger partial charge on any atom is -0.733 e. The van der Waals surface area contributed by atoms with E-state index >= 15 is 0 Å². The number of hydrogen-bond acceptors (Lipinski definition) is 10. The fraction of sp³-hybridized carbons (Fsp3) is 0.200. The molecule has 0 fully saturated rings. The molecule has 0 aliphatic carbocycles. The molecule has 2 aromatic carbocycles. The van der Waals surface area contributed by atoms with Gasteiger partial charge in [-0.3, -0.25) is 20.0 Å². The molecular weight excluding hydrogens is 396 g/mol. The van der Waals surface area contributed by atoms with Crippen LogP contribution in [0.15, 0.2) is 48.5 Å². The maximum absolute atomic E-state index is 11.7. The van der Waals surface area contributed by atoms with E-state index in [0.717, 1.165) is 0 Å². The van der Waals surface area contributed by atoms with Gasteiger partial charge in [0.05, 0.1) is 24.2 Å². The van der Waals surface area contributed by atoms with Gasteiger partial charge in [-0.05, 0) is 35.4 Å². The van der Waals surface area contributed by atoms with Crippen LogP contribution < -0.4 is 10.5 Å². The zero-order valence-electron chi connectivity index (χ0n) is 15.7. The van der Waals surface area contributed by atoms with Crippen molar-refractivity contribution in [2.24, 2.45) is 0 Å². The van der Waals surface area contributed by atoms with Crippen LogP contribution in [0, 0.1) is 22.3 Å². The predicted octanol–water partition coefficient (Wildman–Crippen LogP) is 1.95. The summed E-state index contributed by atoms with van der Waals surface area (Å²) in [5.74, 6) is 4.04. The summed E-state index contributed by atoms with van der Waals surface area (Å²) in [5.41, 5.74) is 1.29. The number of carbonyl (C=O) groups is 2. The fourth-order valence-electron chi connectivity index (χ4n) is 2.25. The average molecular weight is 414 g/mol. The Labute approximate surface area is 171 Å². The number of benzene rings is 2. The van der Waals surface area contributed by atoms with E-state index in [0.29, 0.717) is 11.1 Å².